The molecule has 0 unspecified atom stereocenters. The van der Waals surface area contributed by atoms with Gasteiger partial charge in [-0.05, 0) is 84.2 Å². The van der Waals surface area contributed by atoms with Crippen LogP contribution in [0.3, 0.4) is 0 Å². The van der Waals surface area contributed by atoms with Crippen molar-refractivity contribution in [2.45, 2.75) is 78.0 Å². The van der Waals surface area contributed by atoms with Crippen LogP contribution in [0.5, 0.6) is 0 Å². The summed E-state index contributed by atoms with van der Waals surface area (Å²) >= 11 is 0. The third kappa shape index (κ3) is 7.50. The van der Waals surface area contributed by atoms with E-state index in [0.29, 0.717) is 46.8 Å². The average molecular weight is 640 g/mol. The van der Waals surface area contributed by atoms with Crippen LogP contribution in [0.15, 0.2) is 47.4 Å². The monoisotopic (exact) mass is 639 g/mol. The van der Waals surface area contributed by atoms with Crippen LogP contribution < -0.4 is 14.3 Å². The van der Waals surface area contributed by atoms with E-state index in [-0.39, 0.29) is 17.8 Å². The van der Waals surface area contributed by atoms with E-state index < -0.39 is 20.0 Å². The highest BCUT2D eigenvalue weighted by Gasteiger charge is 2.27. The Morgan fingerprint density at radius 1 is 0.795 bits per heavy atom. The SMILES string of the molecule is CCN(CCNS(C)(=O)=O)c1cc(C)c2nc3cc(NS(=O)(=O)c4c(C(C)C)cc(C(C)C)cc4C(C)C)ccc3nc2c1. The topological polar surface area (TPSA) is 121 Å². The van der Waals surface area contributed by atoms with Gasteiger partial charge in [-0.25, -0.2) is 31.5 Å². The van der Waals surface area contributed by atoms with Gasteiger partial charge in [0.2, 0.25) is 10.0 Å². The Morgan fingerprint density at radius 2 is 1.43 bits per heavy atom. The van der Waals surface area contributed by atoms with Crippen molar-refractivity contribution in [3.05, 3.63) is 64.7 Å². The molecule has 0 atom stereocenters. The van der Waals surface area contributed by atoms with E-state index in [1.54, 1.807) is 18.2 Å². The molecule has 4 aromatic rings. The van der Waals surface area contributed by atoms with Gasteiger partial charge in [-0.2, -0.15) is 0 Å². The standard InChI is InChI=1S/C33H45N5O4S2/c1-10-38(14-13-34-43(9,39)40)26-15-23(8)32-31(19-26)35-29-12-11-25(18-30(29)36-32)37-44(41,42)33-27(21(4)5)16-24(20(2)3)17-28(33)22(6)7/h11-12,15-22,34,37H,10,13-14H2,1-9H3. The number of aryl methyl sites for hydroxylation is 1. The minimum absolute atomic E-state index is 0.0269. The Bertz CT molecular complexity index is 1870. The molecule has 3 aromatic carbocycles. The van der Waals surface area contributed by atoms with Crippen molar-refractivity contribution in [2.24, 2.45) is 0 Å². The summed E-state index contributed by atoms with van der Waals surface area (Å²) in [5.74, 6) is 0.336. The van der Waals surface area contributed by atoms with Crippen LogP contribution in [0.4, 0.5) is 11.4 Å². The molecule has 0 aliphatic carbocycles. The van der Waals surface area contributed by atoms with Crippen molar-refractivity contribution < 1.29 is 16.8 Å². The summed E-state index contributed by atoms with van der Waals surface area (Å²) in [6.45, 7) is 17.8. The number of sulfonamides is 2. The highest BCUT2D eigenvalue weighted by molar-refractivity contribution is 7.92. The number of rotatable bonds is 12. The predicted octanol–water partition coefficient (Wildman–Crippen LogP) is 6.64. The van der Waals surface area contributed by atoms with Gasteiger partial charge in [0.05, 0.1) is 38.9 Å². The first-order chi connectivity index (χ1) is 20.5. The Kier molecular flexibility index (Phi) is 9.92. The molecule has 11 heteroatoms. The van der Waals surface area contributed by atoms with Crippen molar-refractivity contribution in [3.8, 4) is 0 Å². The molecule has 4 rings (SSSR count). The smallest absolute Gasteiger partial charge is 0.262 e. The lowest BCUT2D eigenvalue weighted by molar-refractivity contribution is 0.586. The molecule has 0 bridgehead atoms. The number of benzene rings is 3. The van der Waals surface area contributed by atoms with Crippen LogP contribution in [-0.2, 0) is 20.0 Å². The van der Waals surface area contributed by atoms with Crippen molar-refractivity contribution in [2.75, 3.05) is 35.5 Å². The van der Waals surface area contributed by atoms with Gasteiger partial charge in [0.15, 0.2) is 0 Å². The summed E-state index contributed by atoms with van der Waals surface area (Å²) in [5.41, 5.74) is 7.70. The number of anilines is 2. The average Bonchev–Trinajstić information content (AvgIpc) is 2.92. The molecule has 0 aliphatic rings. The molecule has 1 heterocycles. The van der Waals surface area contributed by atoms with E-state index in [2.05, 4.69) is 28.2 Å². The zero-order valence-electron chi connectivity index (χ0n) is 27.2. The lowest BCUT2D eigenvalue weighted by Gasteiger charge is -2.24. The summed E-state index contributed by atoms with van der Waals surface area (Å²) in [6, 6.07) is 13.3. The Morgan fingerprint density at radius 3 is 1.98 bits per heavy atom. The molecule has 0 saturated heterocycles. The quantitative estimate of drug-likeness (QED) is 0.167. The van der Waals surface area contributed by atoms with E-state index in [1.807, 2.05) is 65.8 Å². The second kappa shape index (κ2) is 13.0. The second-order valence-electron chi connectivity index (χ2n) is 12.4. The van der Waals surface area contributed by atoms with Gasteiger partial charge in [-0.1, -0.05) is 53.7 Å². The number of likely N-dealkylation sites (N-methyl/N-ethyl adjacent to an activating group) is 1. The van der Waals surface area contributed by atoms with Crippen molar-refractivity contribution >= 4 is 53.5 Å². The predicted molar refractivity (Wildman–Crippen MR) is 182 cm³/mol. The molecule has 0 saturated carbocycles. The fourth-order valence-electron chi connectivity index (χ4n) is 5.42. The Hall–Kier alpha value is -3.28. The Labute approximate surface area is 262 Å². The van der Waals surface area contributed by atoms with E-state index >= 15 is 0 Å². The molecular weight excluding hydrogens is 595 g/mol. The highest BCUT2D eigenvalue weighted by atomic mass is 32.2. The summed E-state index contributed by atoms with van der Waals surface area (Å²) in [5, 5.41) is 0. The molecular formula is C33H45N5O4S2. The minimum atomic E-state index is -3.91. The van der Waals surface area contributed by atoms with E-state index in [0.717, 1.165) is 39.7 Å². The third-order valence-corrected chi connectivity index (χ3v) is 10.0. The van der Waals surface area contributed by atoms with Crippen molar-refractivity contribution in [1.82, 2.24) is 14.7 Å². The number of fused-ring (bicyclic) bond motifs is 2. The molecule has 0 fully saturated rings. The highest BCUT2D eigenvalue weighted by Crippen LogP contribution is 2.36. The van der Waals surface area contributed by atoms with Crippen LogP contribution in [0.2, 0.25) is 0 Å². The molecule has 9 nitrogen and oxygen atoms in total. The summed E-state index contributed by atoms with van der Waals surface area (Å²) in [7, 11) is -7.18. The number of nitrogens with zero attached hydrogens (tertiary/aromatic N) is 3. The zero-order valence-corrected chi connectivity index (χ0v) is 28.8. The van der Waals surface area contributed by atoms with Crippen molar-refractivity contribution in [1.29, 1.82) is 0 Å². The van der Waals surface area contributed by atoms with Crippen LogP contribution >= 0.6 is 0 Å². The first-order valence-electron chi connectivity index (χ1n) is 15.1. The molecule has 2 N–H and O–H groups in total. The third-order valence-electron chi connectivity index (χ3n) is 7.81. The molecule has 0 spiro atoms. The van der Waals surface area contributed by atoms with Crippen LogP contribution in [-0.4, -0.2) is 52.7 Å². The molecule has 0 aliphatic heterocycles. The normalized spacial score (nSPS) is 12.6. The van der Waals surface area contributed by atoms with E-state index in [1.165, 1.54) is 0 Å². The summed E-state index contributed by atoms with van der Waals surface area (Å²) in [4.78, 5) is 12.2. The van der Waals surface area contributed by atoms with E-state index in [4.69, 9.17) is 9.97 Å². The fourth-order valence-corrected chi connectivity index (χ4v) is 7.63. The summed E-state index contributed by atoms with van der Waals surface area (Å²) < 4.78 is 56.4. The summed E-state index contributed by atoms with van der Waals surface area (Å²) in [6.07, 6.45) is 1.15. The first kappa shape index (κ1) is 33.6. The number of hydrogen-bond acceptors (Lipinski definition) is 7. The van der Waals surface area contributed by atoms with Crippen LogP contribution in [0, 0.1) is 6.92 Å². The van der Waals surface area contributed by atoms with Crippen molar-refractivity contribution in [3.63, 3.8) is 0 Å². The van der Waals surface area contributed by atoms with Crippen LogP contribution in [0.1, 0.15) is 88.5 Å². The molecule has 0 amide bonds. The van der Waals surface area contributed by atoms with Crippen LogP contribution in [0.25, 0.3) is 22.1 Å². The maximum Gasteiger partial charge on any atom is 0.262 e. The molecule has 1 aromatic heterocycles. The van der Waals surface area contributed by atoms with Gasteiger partial charge in [0.1, 0.15) is 0 Å². The maximum absolute atomic E-state index is 14.0. The van der Waals surface area contributed by atoms with Gasteiger partial charge >= 0.3 is 0 Å². The van der Waals surface area contributed by atoms with Gasteiger partial charge in [-0.15, -0.1) is 0 Å². The lowest BCUT2D eigenvalue weighted by Crippen LogP contribution is -2.34. The van der Waals surface area contributed by atoms with Gasteiger partial charge in [-0.3, -0.25) is 4.72 Å². The minimum Gasteiger partial charge on any atom is -0.370 e. The lowest BCUT2D eigenvalue weighted by atomic mass is 9.89. The molecule has 0 radical (unpaired) electrons. The number of hydrogen-bond donors (Lipinski definition) is 2. The molecule has 238 valence electrons. The zero-order chi connectivity index (χ0) is 32.6. The fraction of sp³-hybridized carbons (Fsp3) is 0.455. The van der Waals surface area contributed by atoms with E-state index in [9.17, 15) is 16.8 Å². The number of aromatic nitrogens is 2. The largest absolute Gasteiger partial charge is 0.370 e. The van der Waals surface area contributed by atoms with Gasteiger partial charge in [0, 0.05) is 25.3 Å². The van der Waals surface area contributed by atoms with Gasteiger partial charge < -0.3 is 4.90 Å². The Balaban J connectivity index is 1.72. The van der Waals surface area contributed by atoms with Gasteiger partial charge in [0.25, 0.3) is 10.0 Å². The second-order valence-corrected chi connectivity index (χ2v) is 15.9. The first-order valence-corrected chi connectivity index (χ1v) is 18.5. The molecule has 44 heavy (non-hydrogen) atoms. The number of nitrogens with one attached hydrogen (secondary N) is 2. The maximum atomic E-state index is 14.0.